The first kappa shape index (κ1) is 27.4. The van der Waals surface area contributed by atoms with E-state index in [4.69, 9.17) is 21.1 Å². The maximum absolute atomic E-state index is 13.7. The Labute approximate surface area is 220 Å². The third kappa shape index (κ3) is 5.62. The number of aryl methyl sites for hydroxylation is 1. The van der Waals surface area contributed by atoms with E-state index in [1.54, 1.807) is 0 Å². The Bertz CT molecular complexity index is 1190. The fraction of sp³-hybridized carbons (Fsp3) is 0.367. The molecule has 1 aliphatic heterocycles. The number of nitrogens with zero attached hydrogens (tertiary/aromatic N) is 2. The lowest BCUT2D eigenvalue weighted by molar-refractivity contribution is -0.118. The molecule has 0 saturated heterocycles. The Morgan fingerprint density at radius 3 is 2.11 bits per heavy atom. The minimum atomic E-state index is -0.313. The van der Waals surface area contributed by atoms with Gasteiger partial charge in [0.25, 0.3) is 0 Å². The maximum Gasteiger partial charge on any atom is 0.232 e. The minimum absolute atomic E-state index is 0.0414. The molecule has 36 heavy (non-hydrogen) atoms. The van der Waals surface area contributed by atoms with Crippen molar-refractivity contribution in [3.05, 3.63) is 81.9 Å². The van der Waals surface area contributed by atoms with Gasteiger partial charge in [0.15, 0.2) is 11.5 Å². The van der Waals surface area contributed by atoms with Gasteiger partial charge in [0.05, 0.1) is 25.7 Å². The van der Waals surface area contributed by atoms with Gasteiger partial charge < -0.3 is 19.3 Å². The summed E-state index contributed by atoms with van der Waals surface area (Å²) in [6.07, 6.45) is 0.292. The van der Waals surface area contributed by atoms with Crippen LogP contribution in [0.5, 0.6) is 11.5 Å². The van der Waals surface area contributed by atoms with Crippen molar-refractivity contribution in [3.63, 3.8) is 0 Å². The molecule has 0 aromatic heterocycles. The highest BCUT2D eigenvalue weighted by atomic mass is 35.5. The zero-order valence-electron chi connectivity index (χ0n) is 22.4. The van der Waals surface area contributed by atoms with E-state index in [0.29, 0.717) is 36.2 Å². The summed E-state index contributed by atoms with van der Waals surface area (Å²) in [5.41, 5.74) is 6.00. The van der Waals surface area contributed by atoms with Crippen LogP contribution in [-0.2, 0) is 11.2 Å². The number of ether oxygens (including phenoxy) is 2. The molecule has 0 bridgehead atoms. The predicted molar refractivity (Wildman–Crippen MR) is 150 cm³/mol. The van der Waals surface area contributed by atoms with Crippen molar-refractivity contribution in [2.75, 3.05) is 37.1 Å². The van der Waals surface area contributed by atoms with Crippen LogP contribution in [0.1, 0.15) is 56.0 Å². The average molecular weight is 509 g/mol. The number of carbonyl (C=O) groups is 1. The third-order valence-corrected chi connectivity index (χ3v) is 6.36. The first-order chi connectivity index (χ1) is 17.3. The molecule has 0 aliphatic carbocycles. The number of hydrogen-bond donors (Lipinski definition) is 0. The summed E-state index contributed by atoms with van der Waals surface area (Å²) >= 11 is 6.21. The number of carbonyl (C=O) groups excluding carboxylic acids is 1. The molecule has 192 valence electrons. The van der Waals surface area contributed by atoms with E-state index < -0.39 is 0 Å². The number of benzene rings is 3. The molecule has 1 heterocycles. The Morgan fingerprint density at radius 2 is 1.56 bits per heavy atom. The summed E-state index contributed by atoms with van der Waals surface area (Å²) in [5, 5.41) is 0.658. The molecule has 0 fully saturated rings. The summed E-state index contributed by atoms with van der Waals surface area (Å²) in [7, 11) is 4.02. The highest BCUT2D eigenvalue weighted by molar-refractivity contribution is 6.30. The fourth-order valence-electron chi connectivity index (χ4n) is 4.53. The molecule has 0 radical (unpaired) electrons. The quantitative estimate of drug-likeness (QED) is 0.338. The summed E-state index contributed by atoms with van der Waals surface area (Å²) < 4.78 is 11.8. The second-order valence-corrected chi connectivity index (χ2v) is 9.06. The van der Waals surface area contributed by atoms with Gasteiger partial charge in [0.1, 0.15) is 0 Å². The van der Waals surface area contributed by atoms with E-state index in [-0.39, 0.29) is 11.9 Å². The van der Waals surface area contributed by atoms with Crippen LogP contribution in [0.2, 0.25) is 5.02 Å². The van der Waals surface area contributed by atoms with E-state index in [2.05, 4.69) is 11.0 Å². The predicted octanol–water partition coefficient (Wildman–Crippen LogP) is 7.22. The molecule has 3 aromatic carbocycles. The number of fused-ring (bicyclic) bond motifs is 1. The topological polar surface area (TPSA) is 42.0 Å². The molecule has 4 rings (SSSR count). The standard InChI is InChI=1S/C28H31ClN2O3.C2H6/c1-6-33-25-15-20-16-27(32)31(24-13-12-22(30(4)5)14-18(24)3)28(19-8-10-21(29)11-9-19)23(20)17-26(25)34-7-2;1-2/h8-15,17,28H,6-7,16H2,1-5H3;1-2H3. The van der Waals surface area contributed by atoms with Gasteiger partial charge in [0, 0.05) is 30.5 Å². The molecule has 1 atom stereocenters. The number of anilines is 2. The molecule has 3 aromatic rings. The summed E-state index contributed by atoms with van der Waals surface area (Å²) in [5.74, 6) is 1.40. The number of rotatable bonds is 7. The summed E-state index contributed by atoms with van der Waals surface area (Å²) in [6.45, 7) is 11.0. The molecular formula is C30H37ClN2O3. The van der Waals surface area contributed by atoms with Gasteiger partial charge in [-0.3, -0.25) is 4.79 Å². The van der Waals surface area contributed by atoms with Gasteiger partial charge in [0.2, 0.25) is 5.91 Å². The van der Waals surface area contributed by atoms with Gasteiger partial charge in [-0.25, -0.2) is 0 Å². The highest BCUT2D eigenvalue weighted by Gasteiger charge is 2.36. The second-order valence-electron chi connectivity index (χ2n) is 8.62. The van der Waals surface area contributed by atoms with Gasteiger partial charge in [-0.2, -0.15) is 0 Å². The van der Waals surface area contributed by atoms with Crippen LogP contribution in [0.4, 0.5) is 11.4 Å². The zero-order valence-corrected chi connectivity index (χ0v) is 23.1. The molecule has 0 spiro atoms. The van der Waals surface area contributed by atoms with E-state index in [1.807, 2.05) is 102 Å². The second kappa shape index (κ2) is 12.2. The van der Waals surface area contributed by atoms with Crippen molar-refractivity contribution in [3.8, 4) is 11.5 Å². The van der Waals surface area contributed by atoms with Crippen molar-refractivity contribution < 1.29 is 14.3 Å². The fourth-order valence-corrected chi connectivity index (χ4v) is 4.65. The molecule has 1 amide bonds. The Balaban J connectivity index is 0.00000176. The van der Waals surface area contributed by atoms with Crippen molar-refractivity contribution in [1.29, 1.82) is 0 Å². The maximum atomic E-state index is 13.7. The van der Waals surface area contributed by atoms with Crippen molar-refractivity contribution >= 4 is 28.9 Å². The molecule has 1 unspecified atom stereocenters. The molecule has 0 saturated carbocycles. The van der Waals surface area contributed by atoms with Crippen LogP contribution in [0, 0.1) is 6.92 Å². The van der Waals surface area contributed by atoms with Crippen LogP contribution in [-0.4, -0.2) is 33.2 Å². The van der Waals surface area contributed by atoms with Gasteiger partial charge >= 0.3 is 0 Å². The van der Waals surface area contributed by atoms with Gasteiger partial charge in [-0.05, 0) is 85.5 Å². The van der Waals surface area contributed by atoms with Crippen LogP contribution >= 0.6 is 11.6 Å². The van der Waals surface area contributed by atoms with E-state index in [1.165, 1.54) is 0 Å². The molecule has 0 N–H and O–H groups in total. The SMILES string of the molecule is CC.CCOc1cc2c(cc1OCC)C(c1ccc(Cl)cc1)N(c1ccc(N(C)C)cc1C)C(=O)C2. The Morgan fingerprint density at radius 1 is 0.944 bits per heavy atom. The lowest BCUT2D eigenvalue weighted by Crippen LogP contribution is -2.41. The first-order valence-electron chi connectivity index (χ1n) is 12.6. The van der Waals surface area contributed by atoms with Gasteiger partial charge in [-0.15, -0.1) is 0 Å². The van der Waals surface area contributed by atoms with Gasteiger partial charge in [-0.1, -0.05) is 37.6 Å². The van der Waals surface area contributed by atoms with E-state index in [9.17, 15) is 4.79 Å². The average Bonchev–Trinajstić information content (AvgIpc) is 2.86. The lowest BCUT2D eigenvalue weighted by Gasteiger charge is -2.39. The van der Waals surface area contributed by atoms with Crippen LogP contribution in [0.15, 0.2) is 54.6 Å². The summed E-state index contributed by atoms with van der Waals surface area (Å²) in [4.78, 5) is 17.6. The smallest absolute Gasteiger partial charge is 0.232 e. The minimum Gasteiger partial charge on any atom is -0.490 e. The van der Waals surface area contributed by atoms with Crippen molar-refractivity contribution in [2.24, 2.45) is 0 Å². The van der Waals surface area contributed by atoms with Crippen molar-refractivity contribution in [1.82, 2.24) is 0 Å². The Kier molecular flexibility index (Phi) is 9.27. The molecular weight excluding hydrogens is 472 g/mol. The normalized spacial score (nSPS) is 14.5. The largest absolute Gasteiger partial charge is 0.490 e. The van der Waals surface area contributed by atoms with Crippen LogP contribution in [0.3, 0.4) is 0 Å². The number of amides is 1. The Hall–Kier alpha value is -3.18. The molecule has 1 aliphatic rings. The monoisotopic (exact) mass is 508 g/mol. The lowest BCUT2D eigenvalue weighted by atomic mass is 9.86. The van der Waals surface area contributed by atoms with Crippen LogP contribution in [0.25, 0.3) is 0 Å². The van der Waals surface area contributed by atoms with E-state index in [0.717, 1.165) is 33.6 Å². The summed E-state index contributed by atoms with van der Waals surface area (Å²) in [6, 6.07) is 17.6. The number of halogens is 1. The van der Waals surface area contributed by atoms with Crippen molar-refractivity contribution in [2.45, 2.75) is 47.1 Å². The third-order valence-electron chi connectivity index (χ3n) is 6.11. The van der Waals surface area contributed by atoms with E-state index >= 15 is 0 Å². The molecule has 5 nitrogen and oxygen atoms in total. The highest BCUT2D eigenvalue weighted by Crippen LogP contribution is 2.44. The first-order valence-corrected chi connectivity index (χ1v) is 13.0. The zero-order chi connectivity index (χ0) is 26.4. The molecule has 6 heteroatoms. The number of hydrogen-bond acceptors (Lipinski definition) is 4. The van der Waals surface area contributed by atoms with Crippen LogP contribution < -0.4 is 19.3 Å².